The van der Waals surface area contributed by atoms with Crippen molar-refractivity contribution in [2.24, 2.45) is 131 Å². The van der Waals surface area contributed by atoms with E-state index < -0.39 is 21.1 Å². The average Bonchev–Trinajstić information content (AvgIpc) is 0.789. The molecule has 0 aliphatic carbocycles. The van der Waals surface area contributed by atoms with Gasteiger partial charge in [-0.15, -0.1) is 0 Å². The number of halogens is 3. The Morgan fingerprint density at radius 2 is 0.488 bits per heavy atom. The van der Waals surface area contributed by atoms with Gasteiger partial charge >= 0.3 is 6.18 Å². The summed E-state index contributed by atoms with van der Waals surface area (Å²) in [6.45, 7) is 113. The molecule has 8 heteroatoms. The molecule has 0 aliphatic rings. The number of ketones is 2. The van der Waals surface area contributed by atoms with Gasteiger partial charge in [0.25, 0.3) is 0 Å². The van der Waals surface area contributed by atoms with Crippen LogP contribution in [0.25, 0.3) is 0 Å². The highest BCUT2D eigenvalue weighted by Crippen LogP contribution is 2.51. The molecule has 4 nitrogen and oxygen atoms in total. The van der Waals surface area contributed by atoms with Crippen molar-refractivity contribution in [1.29, 1.82) is 0 Å². The number of unbranched alkanes of at least 4 members (excludes halogenated alkanes) is 10. The predicted octanol–water partition coefficient (Wildman–Crippen LogP) is 42.2. The monoisotopic (exact) mass is 1840 g/mol. The molecular weight excluding hydrogens is 1580 g/mol. The van der Waals surface area contributed by atoms with Gasteiger partial charge in [0.05, 0.1) is 5.41 Å². The largest absolute Gasteiger partial charge is 0.396 e. The van der Waals surface area contributed by atoms with E-state index in [4.69, 9.17) is 0 Å². The van der Waals surface area contributed by atoms with Crippen molar-refractivity contribution < 1.29 is 32.1 Å². The smallest absolute Gasteiger partial charge is 0.394 e. The molecule has 0 aromatic heterocycles. The Morgan fingerprint density at radius 3 is 0.654 bits per heavy atom. The molecule has 0 aliphatic heterocycles. The molecule has 127 heavy (non-hydrogen) atoms. The third-order valence-corrected chi connectivity index (χ3v) is 35.6. The summed E-state index contributed by atoms with van der Waals surface area (Å²) in [5.41, 5.74) is 2.58. The minimum absolute atomic E-state index is 0. The number of hydrogen-bond donors (Lipinski definition) is 1. The van der Waals surface area contributed by atoms with Crippen molar-refractivity contribution >= 4 is 27.0 Å². The molecule has 0 aromatic rings. The molecule has 780 valence electrons. The van der Waals surface area contributed by atoms with Crippen LogP contribution in [0.5, 0.6) is 0 Å². The summed E-state index contributed by atoms with van der Waals surface area (Å²) in [6, 6.07) is 0. The fraction of sp³-hybridized carbons (Fsp3) is 0.975. The van der Waals surface area contributed by atoms with Crippen molar-refractivity contribution in [1.82, 2.24) is 0 Å². The molecule has 0 aromatic carbocycles. The molecule has 0 radical (unpaired) electrons. The van der Waals surface area contributed by atoms with Crippen LogP contribution in [0.4, 0.5) is 13.2 Å². The first-order valence-electron chi connectivity index (χ1n) is 54.4. The lowest BCUT2D eigenvalue weighted by molar-refractivity contribution is -0.244. The number of hydrogen-bond acceptors (Lipinski definition) is 4. The van der Waals surface area contributed by atoms with E-state index in [0.29, 0.717) is 91.6 Å². The fourth-order valence-electron chi connectivity index (χ4n) is 16.9. The number of aliphatic hydroxyl groups excluding tert-OH is 1. The second-order valence-corrected chi connectivity index (χ2v) is 50.2. The maximum Gasteiger partial charge on any atom is 0.394 e. The standard InChI is InChI=1S/C13H28OS.2C13H26O.3C12H26.C11H21F3.C11H24O.C11H24.C10H22.CH4/c1-7-8-9-13(4,12(2)3)10-11-15(5,6)14;2*1-6-7-9-13(5,11(2)3)10-8-12(4)14;3*1-7-8-9-12(6,10(2)3)11(4)5;1-5-7-8-10(6-2,9(3)4)11(12,13)14;1-5-6-7-8-11(4,9-12)10(2)3;1-6-8-9-11(5,7-2)10(3)4;1-6-8-10(5,7-2)9(3)4;/h12H,5,7-11H2,1-4,6H3;2*11H,6-10H2,1-5H3;3*10-11H,7-9H2,1-6H3;9H,5-8H2,1-4H3;10,12H,5-9H2,1-4H3;10H,6-9H2,1-5H3;9H,6-8H2,1-5H3;1H4/t13-,15?;2*13-;;;;10-;2*11-;10-;/m000...0011./s1. The van der Waals surface area contributed by atoms with Gasteiger partial charge < -0.3 is 14.7 Å². The number of carbonyl (C=O) groups excluding carboxylic acids is 2. The zero-order valence-electron chi connectivity index (χ0n) is 97.2. The minimum Gasteiger partial charge on any atom is -0.396 e. The normalized spacial score (nSPS) is 15.7. The van der Waals surface area contributed by atoms with E-state index in [-0.39, 0.29) is 31.6 Å². The maximum absolute atomic E-state index is 12.9. The van der Waals surface area contributed by atoms with Gasteiger partial charge in [-0.3, -0.25) is 4.21 Å². The van der Waals surface area contributed by atoms with Crippen molar-refractivity contribution in [2.45, 2.75) is 604 Å². The van der Waals surface area contributed by atoms with Gasteiger partial charge in [0.15, 0.2) is 0 Å². The van der Waals surface area contributed by atoms with Gasteiger partial charge in [-0.25, -0.2) is 0 Å². The van der Waals surface area contributed by atoms with Crippen molar-refractivity contribution in [2.75, 3.05) is 18.6 Å². The van der Waals surface area contributed by atoms with Crippen molar-refractivity contribution in [3.05, 3.63) is 0 Å². The molecule has 0 heterocycles. The maximum atomic E-state index is 12.9. The molecule has 0 spiro atoms. The van der Waals surface area contributed by atoms with E-state index in [9.17, 15) is 32.1 Å². The number of aliphatic hydroxyl groups is 1. The van der Waals surface area contributed by atoms with Gasteiger partial charge in [0.2, 0.25) is 0 Å². The topological polar surface area (TPSA) is 71.4 Å². The molecule has 0 rings (SSSR count). The second-order valence-electron chi connectivity index (χ2n) is 47.4. The van der Waals surface area contributed by atoms with Crippen LogP contribution < -0.4 is 0 Å². The Kier molecular flexibility index (Phi) is 92.8. The van der Waals surface area contributed by atoms with Crippen LogP contribution >= 0.6 is 0 Å². The summed E-state index contributed by atoms with van der Waals surface area (Å²) < 4.78 is 50.5. The van der Waals surface area contributed by atoms with Crippen LogP contribution in [0, 0.1) is 131 Å². The number of carbonyl (C=O) groups is 2. The van der Waals surface area contributed by atoms with Gasteiger partial charge in [-0.1, -0.05) is 481 Å². The Balaban J connectivity index is -0.000000131. The zero-order chi connectivity index (χ0) is 102. The first kappa shape index (κ1) is 149. The zero-order valence-corrected chi connectivity index (χ0v) is 98.0. The summed E-state index contributed by atoms with van der Waals surface area (Å²) in [5, 5.41) is 9.26. The van der Waals surface area contributed by atoms with Gasteiger partial charge in [-0.05, 0) is 245 Å². The summed E-state index contributed by atoms with van der Waals surface area (Å²) in [5.74, 6) is 13.9. The molecule has 0 fully saturated rings. The molecule has 0 saturated carbocycles. The van der Waals surface area contributed by atoms with Crippen LogP contribution in [-0.2, 0) is 19.1 Å². The van der Waals surface area contributed by atoms with E-state index in [0.717, 1.165) is 98.0 Å². The highest BCUT2D eigenvalue weighted by molar-refractivity contribution is 7.99. The lowest BCUT2D eigenvalue weighted by Gasteiger charge is -2.38. The Morgan fingerprint density at radius 1 is 0.276 bits per heavy atom. The van der Waals surface area contributed by atoms with E-state index >= 15 is 0 Å². The number of rotatable bonds is 56. The van der Waals surface area contributed by atoms with Gasteiger partial charge in [-0.2, -0.15) is 13.2 Å². The Bertz CT molecular complexity index is 2400. The molecule has 0 amide bonds. The molecule has 0 saturated heterocycles. The third-order valence-electron chi connectivity index (χ3n) is 34.5. The van der Waals surface area contributed by atoms with Gasteiger partial charge in [0, 0.05) is 31.5 Å². The van der Waals surface area contributed by atoms with E-state index in [1.54, 1.807) is 40.9 Å². The predicted molar refractivity (Wildman–Crippen MR) is 585 cm³/mol. The number of Topliss-reactive ketones (excluding diaryl/α,β-unsaturated/α-hetero) is 2. The summed E-state index contributed by atoms with van der Waals surface area (Å²) in [4.78, 5) is 22.0. The molecule has 8 atom stereocenters. The van der Waals surface area contributed by atoms with Crippen molar-refractivity contribution in [3.63, 3.8) is 0 Å². The first-order chi connectivity index (χ1) is 57.4. The summed E-state index contributed by atoms with van der Waals surface area (Å²) >= 11 is 0. The van der Waals surface area contributed by atoms with E-state index in [1.807, 2.05) is 6.92 Å². The lowest BCUT2D eigenvalue weighted by atomic mass is 9.67. The average molecular weight is 1840 g/mol. The van der Waals surface area contributed by atoms with Crippen LogP contribution in [0.15, 0.2) is 0 Å². The van der Waals surface area contributed by atoms with Crippen LogP contribution in [0.3, 0.4) is 0 Å². The molecular formula is C119H253F3O4S. The summed E-state index contributed by atoms with van der Waals surface area (Å²) in [7, 11) is -1.82. The van der Waals surface area contributed by atoms with Crippen LogP contribution in [0.1, 0.15) is 598 Å². The fourth-order valence-corrected chi connectivity index (χ4v) is 17.8. The van der Waals surface area contributed by atoms with E-state index in [2.05, 4.69) is 311 Å². The van der Waals surface area contributed by atoms with Crippen molar-refractivity contribution in [3.8, 4) is 0 Å². The minimum atomic E-state index is -4.06. The van der Waals surface area contributed by atoms with Gasteiger partial charge in [0.1, 0.15) is 11.6 Å². The quantitative estimate of drug-likeness (QED) is 0.0487. The van der Waals surface area contributed by atoms with E-state index in [1.165, 1.54) is 180 Å². The Labute approximate surface area is 807 Å². The Hall–Kier alpha value is -0.890. The summed E-state index contributed by atoms with van der Waals surface area (Å²) in [6.07, 6.45) is 42.4. The second kappa shape index (κ2) is 79.1. The third kappa shape index (κ3) is 67.9. The molecule has 0 bridgehead atoms. The number of alkyl halides is 3. The first-order valence-corrected chi connectivity index (χ1v) is 56.7. The highest BCUT2D eigenvalue weighted by atomic mass is 32.2. The van der Waals surface area contributed by atoms with Crippen LogP contribution in [0.2, 0.25) is 0 Å². The molecule has 1 unspecified atom stereocenters. The lowest BCUT2D eigenvalue weighted by Crippen LogP contribution is -2.42. The highest BCUT2D eigenvalue weighted by Gasteiger charge is 2.54. The van der Waals surface area contributed by atoms with Crippen LogP contribution in [-0.4, -0.2) is 51.5 Å². The molecule has 1 N–H and O–H groups in total. The SMILES string of the molecule is C.C=S(C)(=O)CC[C@](C)(CCCC)C(C)C.CCCCC(C)(C(C)C)C(C)C.CCCCC(C)(C(C)C)C(C)C.CCCCC(C)(C(C)C)C(C)C.CCCCC[C@@](C)(CO)C(C)C.CCCC[C@@](C)(CC)C(C)C.CCCC[C@@](C)(CCC(C)=O)C(C)C.CCCC[C@@](C)(CCC(C)=O)C(C)C.CCCC[C@@](CC)(C(C)C)C(F)(F)F.CCC[C@@](C)(CC)C(C)C.